The van der Waals surface area contributed by atoms with Gasteiger partial charge in [0, 0.05) is 17.3 Å². The second-order valence-corrected chi connectivity index (χ2v) is 6.06. The van der Waals surface area contributed by atoms with E-state index in [1.807, 2.05) is 18.2 Å². The molecule has 9 heteroatoms. The number of para-hydroxylation sites is 2. The van der Waals surface area contributed by atoms with Crippen molar-refractivity contribution < 1.29 is 27.2 Å². The molecule has 0 radical (unpaired) electrons. The van der Waals surface area contributed by atoms with Crippen LogP contribution in [0.5, 0.6) is 11.6 Å². The lowest BCUT2D eigenvalue weighted by atomic mass is 10.0. The fourth-order valence-corrected chi connectivity index (χ4v) is 2.98. The predicted molar refractivity (Wildman–Crippen MR) is 98.6 cm³/mol. The number of hydrogen-bond donors (Lipinski definition) is 0. The van der Waals surface area contributed by atoms with E-state index in [2.05, 4.69) is 15.1 Å². The monoisotopic (exact) mass is 401 g/mol. The van der Waals surface area contributed by atoms with Crippen molar-refractivity contribution in [2.45, 2.75) is 6.18 Å². The summed E-state index contributed by atoms with van der Waals surface area (Å²) in [5.74, 6) is 0.422. The van der Waals surface area contributed by atoms with E-state index in [-0.39, 0.29) is 11.4 Å². The molecule has 4 rings (SSSR count). The Morgan fingerprint density at radius 3 is 2.59 bits per heavy atom. The third-order valence-electron chi connectivity index (χ3n) is 4.20. The molecule has 4 aromatic rings. The molecule has 0 fully saturated rings. The van der Waals surface area contributed by atoms with Gasteiger partial charge in [0.1, 0.15) is 17.8 Å². The molecule has 6 nitrogen and oxygen atoms in total. The largest absolute Gasteiger partial charge is 0.496 e. The maximum absolute atomic E-state index is 12.6. The quantitative estimate of drug-likeness (QED) is 0.474. The first kappa shape index (κ1) is 18.7. The van der Waals surface area contributed by atoms with Crippen LogP contribution in [0.2, 0.25) is 0 Å². The van der Waals surface area contributed by atoms with E-state index >= 15 is 0 Å². The third kappa shape index (κ3) is 3.71. The van der Waals surface area contributed by atoms with E-state index in [9.17, 15) is 13.2 Å². The van der Waals surface area contributed by atoms with Gasteiger partial charge >= 0.3 is 6.18 Å². The van der Waals surface area contributed by atoms with Crippen LogP contribution < -0.4 is 9.47 Å². The van der Waals surface area contributed by atoms with Crippen LogP contribution in [-0.4, -0.2) is 35.0 Å². The number of aromatic nitrogens is 3. The number of methoxy groups -OCH3 is 1. The summed E-state index contributed by atoms with van der Waals surface area (Å²) in [6, 6.07) is 12.5. The van der Waals surface area contributed by atoms with E-state index in [1.54, 1.807) is 31.4 Å². The highest BCUT2D eigenvalue weighted by atomic mass is 19.4. The van der Waals surface area contributed by atoms with Gasteiger partial charge in [-0.3, -0.25) is 0 Å². The van der Waals surface area contributed by atoms with Gasteiger partial charge in [0.05, 0.1) is 18.1 Å². The lowest BCUT2D eigenvalue weighted by Crippen LogP contribution is -2.20. The van der Waals surface area contributed by atoms with Crippen LogP contribution in [0.4, 0.5) is 13.2 Å². The van der Waals surface area contributed by atoms with E-state index < -0.39 is 12.8 Å². The van der Waals surface area contributed by atoms with Gasteiger partial charge in [-0.05, 0) is 18.2 Å². The predicted octanol–water partition coefficient (Wildman–Crippen LogP) is 4.90. The summed E-state index contributed by atoms with van der Waals surface area (Å²) < 4.78 is 53.6. The van der Waals surface area contributed by atoms with Crippen molar-refractivity contribution in [1.29, 1.82) is 0 Å². The number of ether oxygens (including phenoxy) is 2. The number of hydrogen-bond acceptors (Lipinski definition) is 6. The number of benzene rings is 2. The zero-order valence-corrected chi connectivity index (χ0v) is 15.1. The van der Waals surface area contributed by atoms with Gasteiger partial charge in [0.25, 0.3) is 0 Å². The molecule has 0 aliphatic rings. The van der Waals surface area contributed by atoms with Gasteiger partial charge in [-0.25, -0.2) is 9.97 Å². The molecule has 0 saturated heterocycles. The smallest absolute Gasteiger partial charge is 0.422 e. The molecule has 0 spiro atoms. The standard InChI is InChI=1S/C20H14F3N3O3/c1-27-16-8-3-2-5-13(16)17-14-7-4-6-12(18(14)29-26-17)15-9-24-11-25-19(15)28-10-20(21,22)23/h2-9,11H,10H2,1H3. The van der Waals surface area contributed by atoms with Gasteiger partial charge in [-0.1, -0.05) is 29.4 Å². The van der Waals surface area contributed by atoms with E-state index in [0.29, 0.717) is 28.0 Å². The topological polar surface area (TPSA) is 70.3 Å². The van der Waals surface area contributed by atoms with Crippen LogP contribution in [-0.2, 0) is 0 Å². The van der Waals surface area contributed by atoms with Crippen molar-refractivity contribution in [2.75, 3.05) is 13.7 Å². The first-order valence-corrected chi connectivity index (χ1v) is 8.49. The molecular formula is C20H14F3N3O3. The van der Waals surface area contributed by atoms with Crippen molar-refractivity contribution in [3.8, 4) is 34.0 Å². The van der Waals surface area contributed by atoms with Crippen molar-refractivity contribution in [2.24, 2.45) is 0 Å². The Labute approximate surface area is 162 Å². The third-order valence-corrected chi connectivity index (χ3v) is 4.20. The highest BCUT2D eigenvalue weighted by Gasteiger charge is 2.29. The summed E-state index contributed by atoms with van der Waals surface area (Å²) >= 11 is 0. The molecule has 0 saturated carbocycles. The number of rotatable bonds is 5. The molecule has 2 heterocycles. The van der Waals surface area contributed by atoms with Crippen LogP contribution in [0.25, 0.3) is 33.4 Å². The number of halogens is 3. The summed E-state index contributed by atoms with van der Waals surface area (Å²) in [5, 5.41) is 4.82. The van der Waals surface area contributed by atoms with Gasteiger partial charge in [-0.15, -0.1) is 0 Å². The van der Waals surface area contributed by atoms with E-state index in [0.717, 1.165) is 11.9 Å². The molecule has 29 heavy (non-hydrogen) atoms. The molecule has 2 aromatic carbocycles. The van der Waals surface area contributed by atoms with Gasteiger partial charge < -0.3 is 14.0 Å². The van der Waals surface area contributed by atoms with Crippen LogP contribution in [0.15, 0.2) is 59.5 Å². The minimum Gasteiger partial charge on any atom is -0.496 e. The summed E-state index contributed by atoms with van der Waals surface area (Å²) in [4.78, 5) is 7.75. The molecular weight excluding hydrogens is 387 g/mol. The van der Waals surface area contributed by atoms with E-state index in [1.165, 1.54) is 6.20 Å². The van der Waals surface area contributed by atoms with Crippen LogP contribution in [0.1, 0.15) is 0 Å². The molecule has 0 bridgehead atoms. The maximum atomic E-state index is 12.6. The molecule has 0 aliphatic heterocycles. The molecule has 0 amide bonds. The van der Waals surface area contributed by atoms with Crippen molar-refractivity contribution in [3.05, 3.63) is 55.0 Å². The van der Waals surface area contributed by atoms with Crippen molar-refractivity contribution in [3.63, 3.8) is 0 Å². The van der Waals surface area contributed by atoms with Gasteiger partial charge in [-0.2, -0.15) is 13.2 Å². The highest BCUT2D eigenvalue weighted by molar-refractivity contribution is 6.01. The summed E-state index contributed by atoms with van der Waals surface area (Å²) in [6.07, 6.45) is -1.99. The first-order valence-electron chi connectivity index (χ1n) is 8.49. The lowest BCUT2D eigenvalue weighted by molar-refractivity contribution is -0.154. The van der Waals surface area contributed by atoms with Crippen LogP contribution >= 0.6 is 0 Å². The minimum atomic E-state index is -4.49. The van der Waals surface area contributed by atoms with Gasteiger partial charge in [0.15, 0.2) is 12.2 Å². The minimum absolute atomic E-state index is 0.194. The normalized spacial score (nSPS) is 11.6. The zero-order valence-electron chi connectivity index (χ0n) is 15.1. The average Bonchev–Trinajstić information content (AvgIpc) is 3.16. The molecule has 0 N–H and O–H groups in total. The van der Waals surface area contributed by atoms with Gasteiger partial charge in [0.2, 0.25) is 5.88 Å². The zero-order chi connectivity index (χ0) is 20.4. The number of alkyl halides is 3. The molecule has 0 aliphatic carbocycles. The van der Waals surface area contributed by atoms with Crippen molar-refractivity contribution in [1.82, 2.24) is 15.1 Å². The fraction of sp³-hybridized carbons (Fsp3) is 0.150. The summed E-state index contributed by atoms with van der Waals surface area (Å²) in [5.41, 5.74) is 2.39. The van der Waals surface area contributed by atoms with Crippen LogP contribution in [0.3, 0.4) is 0 Å². The Bertz CT molecular complexity index is 1160. The Hall–Kier alpha value is -3.62. The number of fused-ring (bicyclic) bond motifs is 1. The SMILES string of the molecule is COc1ccccc1-c1noc2c(-c3cncnc3OCC(F)(F)F)cccc12. The Morgan fingerprint density at radius 1 is 1.00 bits per heavy atom. The van der Waals surface area contributed by atoms with Crippen molar-refractivity contribution >= 4 is 11.0 Å². The maximum Gasteiger partial charge on any atom is 0.422 e. The molecule has 0 unspecified atom stereocenters. The molecule has 2 aromatic heterocycles. The second kappa shape index (κ2) is 7.42. The summed E-state index contributed by atoms with van der Waals surface area (Å²) in [6.45, 7) is -1.46. The Morgan fingerprint density at radius 2 is 1.79 bits per heavy atom. The Balaban J connectivity index is 1.83. The second-order valence-electron chi connectivity index (χ2n) is 6.06. The molecule has 148 valence electrons. The van der Waals surface area contributed by atoms with Crippen LogP contribution in [0, 0.1) is 0 Å². The summed E-state index contributed by atoms with van der Waals surface area (Å²) in [7, 11) is 1.55. The Kier molecular flexibility index (Phi) is 4.79. The highest BCUT2D eigenvalue weighted by Crippen LogP contribution is 2.39. The van der Waals surface area contributed by atoms with E-state index in [4.69, 9.17) is 14.0 Å². The fourth-order valence-electron chi connectivity index (χ4n) is 2.98. The lowest BCUT2D eigenvalue weighted by Gasteiger charge is -2.11. The number of nitrogens with zero attached hydrogens (tertiary/aromatic N) is 3. The first-order chi connectivity index (χ1) is 14.0. The molecule has 0 atom stereocenters. The average molecular weight is 401 g/mol.